The quantitative estimate of drug-likeness (QED) is 0.623. The summed E-state index contributed by atoms with van der Waals surface area (Å²) in [6, 6.07) is 3.04. The van der Waals surface area contributed by atoms with Crippen LogP contribution >= 0.6 is 11.6 Å². The molecule has 0 atom stereocenters. The van der Waals surface area contributed by atoms with Gasteiger partial charge in [-0.15, -0.1) is 0 Å². The van der Waals surface area contributed by atoms with E-state index < -0.39 is 5.91 Å². The summed E-state index contributed by atoms with van der Waals surface area (Å²) >= 11 is 5.83. The molecule has 0 aliphatic carbocycles. The van der Waals surface area contributed by atoms with Crippen LogP contribution in [0.4, 0.5) is 11.4 Å². The van der Waals surface area contributed by atoms with E-state index in [0.717, 1.165) is 0 Å². The van der Waals surface area contributed by atoms with Crippen LogP contribution in [0.2, 0.25) is 5.02 Å². The van der Waals surface area contributed by atoms with E-state index in [0.29, 0.717) is 22.0 Å². The van der Waals surface area contributed by atoms with Gasteiger partial charge in [0.15, 0.2) is 0 Å². The molecular formula is C8H10ClN3O. The van der Waals surface area contributed by atoms with Gasteiger partial charge < -0.3 is 16.8 Å². The van der Waals surface area contributed by atoms with E-state index in [1.54, 1.807) is 13.1 Å². The van der Waals surface area contributed by atoms with E-state index >= 15 is 0 Å². The highest BCUT2D eigenvalue weighted by Crippen LogP contribution is 2.28. The maximum absolute atomic E-state index is 11.0. The van der Waals surface area contributed by atoms with Gasteiger partial charge in [-0.1, -0.05) is 11.6 Å². The lowest BCUT2D eigenvalue weighted by atomic mass is 10.1. The fourth-order valence-corrected chi connectivity index (χ4v) is 1.40. The number of nitrogens with two attached hydrogens (primary N) is 2. The molecule has 4 nitrogen and oxygen atoms in total. The molecule has 0 heterocycles. The van der Waals surface area contributed by atoms with Gasteiger partial charge in [0.05, 0.1) is 16.3 Å². The molecule has 0 aromatic heterocycles. The van der Waals surface area contributed by atoms with Crippen LogP contribution in [0.5, 0.6) is 0 Å². The maximum atomic E-state index is 11.0. The first-order valence-corrected chi connectivity index (χ1v) is 4.00. The summed E-state index contributed by atoms with van der Waals surface area (Å²) in [5, 5.41) is 3.17. The first-order chi connectivity index (χ1) is 6.06. The number of rotatable bonds is 2. The molecule has 0 bridgehead atoms. The number of benzene rings is 1. The third kappa shape index (κ3) is 1.84. The van der Waals surface area contributed by atoms with Crippen molar-refractivity contribution in [1.82, 2.24) is 0 Å². The van der Waals surface area contributed by atoms with E-state index in [2.05, 4.69) is 5.32 Å². The van der Waals surface area contributed by atoms with Gasteiger partial charge in [-0.05, 0) is 12.1 Å². The number of anilines is 2. The third-order valence-corrected chi connectivity index (χ3v) is 1.93. The summed E-state index contributed by atoms with van der Waals surface area (Å²) in [7, 11) is 1.66. The van der Waals surface area contributed by atoms with Crippen molar-refractivity contribution in [3.63, 3.8) is 0 Å². The van der Waals surface area contributed by atoms with Crippen LogP contribution in [-0.4, -0.2) is 13.0 Å². The lowest BCUT2D eigenvalue weighted by Crippen LogP contribution is -2.14. The standard InChI is InChI=1S/C8H10ClN3O/c1-12-7-5(8(11)13)2-4(10)3-6(7)9/h2-3,12H,10H2,1H3,(H2,11,13). The maximum Gasteiger partial charge on any atom is 0.250 e. The van der Waals surface area contributed by atoms with Gasteiger partial charge in [0.25, 0.3) is 5.91 Å². The van der Waals surface area contributed by atoms with Crippen molar-refractivity contribution >= 4 is 28.9 Å². The lowest BCUT2D eigenvalue weighted by molar-refractivity contribution is 0.100. The lowest BCUT2D eigenvalue weighted by Gasteiger charge is -2.09. The van der Waals surface area contributed by atoms with Gasteiger partial charge in [0.1, 0.15) is 0 Å². The minimum atomic E-state index is -0.557. The van der Waals surface area contributed by atoms with Crippen LogP contribution in [0, 0.1) is 0 Å². The monoisotopic (exact) mass is 199 g/mol. The van der Waals surface area contributed by atoms with Gasteiger partial charge in [-0.2, -0.15) is 0 Å². The molecule has 1 amide bonds. The van der Waals surface area contributed by atoms with Crippen molar-refractivity contribution in [2.75, 3.05) is 18.1 Å². The van der Waals surface area contributed by atoms with Crippen LogP contribution in [-0.2, 0) is 0 Å². The van der Waals surface area contributed by atoms with E-state index in [9.17, 15) is 4.79 Å². The van der Waals surface area contributed by atoms with E-state index in [-0.39, 0.29) is 0 Å². The Bertz CT molecular complexity index is 351. The molecule has 0 aliphatic rings. The highest BCUT2D eigenvalue weighted by Gasteiger charge is 2.11. The molecule has 70 valence electrons. The van der Waals surface area contributed by atoms with Gasteiger partial charge in [-0.3, -0.25) is 4.79 Å². The Labute approximate surface area is 80.9 Å². The zero-order chi connectivity index (χ0) is 10.0. The zero-order valence-corrected chi connectivity index (χ0v) is 7.85. The third-order valence-electron chi connectivity index (χ3n) is 1.63. The normalized spacial score (nSPS) is 9.69. The molecule has 5 heteroatoms. The molecule has 0 spiro atoms. The Morgan fingerprint density at radius 1 is 1.54 bits per heavy atom. The summed E-state index contributed by atoms with van der Waals surface area (Å²) in [6.07, 6.45) is 0. The first kappa shape index (κ1) is 9.67. The summed E-state index contributed by atoms with van der Waals surface area (Å²) in [4.78, 5) is 11.0. The van der Waals surface area contributed by atoms with Crippen LogP contribution < -0.4 is 16.8 Å². The van der Waals surface area contributed by atoms with Gasteiger partial charge in [0.2, 0.25) is 0 Å². The molecule has 1 rings (SSSR count). The molecule has 1 aromatic carbocycles. The van der Waals surface area contributed by atoms with E-state index in [1.807, 2.05) is 0 Å². The average molecular weight is 200 g/mol. The predicted molar refractivity (Wildman–Crippen MR) is 53.9 cm³/mol. The number of carbonyl (C=O) groups is 1. The number of halogens is 1. The molecule has 0 saturated heterocycles. The Kier molecular flexibility index (Phi) is 2.63. The molecule has 13 heavy (non-hydrogen) atoms. The van der Waals surface area contributed by atoms with Crippen LogP contribution in [0.1, 0.15) is 10.4 Å². The van der Waals surface area contributed by atoms with Gasteiger partial charge in [-0.25, -0.2) is 0 Å². The number of hydrogen-bond donors (Lipinski definition) is 3. The average Bonchev–Trinajstić information content (AvgIpc) is 2.02. The highest BCUT2D eigenvalue weighted by atomic mass is 35.5. The largest absolute Gasteiger partial charge is 0.399 e. The second-order valence-corrected chi connectivity index (χ2v) is 2.95. The summed E-state index contributed by atoms with van der Waals surface area (Å²) in [6.45, 7) is 0. The predicted octanol–water partition coefficient (Wildman–Crippen LogP) is 1.06. The zero-order valence-electron chi connectivity index (χ0n) is 7.10. The fourth-order valence-electron chi connectivity index (χ4n) is 1.08. The number of carbonyl (C=O) groups excluding carboxylic acids is 1. The molecule has 1 aromatic rings. The van der Waals surface area contributed by atoms with E-state index in [4.69, 9.17) is 23.1 Å². The molecule has 0 fully saturated rings. The van der Waals surface area contributed by atoms with Crippen molar-refractivity contribution in [3.05, 3.63) is 22.7 Å². The Morgan fingerprint density at radius 2 is 2.15 bits per heavy atom. The number of nitrogens with one attached hydrogen (secondary N) is 1. The topological polar surface area (TPSA) is 81.1 Å². The minimum absolute atomic E-state index is 0.299. The van der Waals surface area contributed by atoms with Crippen LogP contribution in [0.25, 0.3) is 0 Å². The number of hydrogen-bond acceptors (Lipinski definition) is 3. The minimum Gasteiger partial charge on any atom is -0.399 e. The summed E-state index contributed by atoms with van der Waals surface area (Å²) in [5.74, 6) is -0.557. The Morgan fingerprint density at radius 3 is 2.62 bits per heavy atom. The molecule has 0 aliphatic heterocycles. The molecule has 5 N–H and O–H groups in total. The van der Waals surface area contributed by atoms with Crippen molar-refractivity contribution in [2.45, 2.75) is 0 Å². The SMILES string of the molecule is CNc1c(Cl)cc(N)cc1C(N)=O. The summed E-state index contributed by atoms with van der Waals surface area (Å²) < 4.78 is 0. The Hall–Kier alpha value is -1.42. The highest BCUT2D eigenvalue weighted by molar-refractivity contribution is 6.34. The van der Waals surface area contributed by atoms with Crippen LogP contribution in [0.15, 0.2) is 12.1 Å². The number of primary amides is 1. The second-order valence-electron chi connectivity index (χ2n) is 2.54. The van der Waals surface area contributed by atoms with Crippen molar-refractivity contribution < 1.29 is 4.79 Å². The fraction of sp³-hybridized carbons (Fsp3) is 0.125. The first-order valence-electron chi connectivity index (χ1n) is 3.63. The van der Waals surface area contributed by atoms with Crippen molar-refractivity contribution in [1.29, 1.82) is 0 Å². The number of nitrogen functional groups attached to an aromatic ring is 1. The molecule has 0 unspecified atom stereocenters. The molecular weight excluding hydrogens is 190 g/mol. The summed E-state index contributed by atoms with van der Waals surface area (Å²) in [5.41, 5.74) is 11.9. The van der Waals surface area contributed by atoms with Gasteiger partial charge in [0, 0.05) is 12.7 Å². The van der Waals surface area contributed by atoms with Gasteiger partial charge >= 0.3 is 0 Å². The molecule has 0 radical (unpaired) electrons. The Balaban J connectivity index is 3.38. The smallest absolute Gasteiger partial charge is 0.250 e. The number of amides is 1. The molecule has 0 saturated carbocycles. The second kappa shape index (κ2) is 3.53. The van der Waals surface area contributed by atoms with Crippen molar-refractivity contribution in [2.24, 2.45) is 5.73 Å². The van der Waals surface area contributed by atoms with E-state index in [1.165, 1.54) is 6.07 Å². The van der Waals surface area contributed by atoms with Crippen molar-refractivity contribution in [3.8, 4) is 0 Å². The van der Waals surface area contributed by atoms with Crippen LogP contribution in [0.3, 0.4) is 0 Å².